The van der Waals surface area contributed by atoms with E-state index in [4.69, 9.17) is 13.9 Å². The first-order valence-electron chi connectivity index (χ1n) is 22.5. The number of esters is 2. The maximum Gasteiger partial charge on any atom is 0.306 e. The predicted molar refractivity (Wildman–Crippen MR) is 232 cm³/mol. The Labute approximate surface area is 337 Å². The zero-order valence-corrected chi connectivity index (χ0v) is 36.7. The van der Waals surface area contributed by atoms with Crippen molar-refractivity contribution in [3.63, 3.8) is 0 Å². The number of ether oxygens (including phenoxy) is 2. The van der Waals surface area contributed by atoms with E-state index >= 15 is 0 Å². The van der Waals surface area contributed by atoms with Crippen molar-refractivity contribution in [1.29, 1.82) is 0 Å². The Morgan fingerprint density at radius 2 is 0.927 bits per heavy atom. The van der Waals surface area contributed by atoms with Crippen molar-refractivity contribution in [3.05, 3.63) is 59.7 Å². The van der Waals surface area contributed by atoms with Gasteiger partial charge in [-0.25, -0.2) is 0 Å². The molecule has 1 atom stereocenters. The first kappa shape index (κ1) is 48.3. The van der Waals surface area contributed by atoms with Crippen molar-refractivity contribution in [1.82, 2.24) is 0 Å². The van der Waals surface area contributed by atoms with Gasteiger partial charge in [0.15, 0.2) is 14.4 Å². The van der Waals surface area contributed by atoms with Crippen LogP contribution in [0.15, 0.2) is 58.8 Å². The second-order valence-electron chi connectivity index (χ2n) is 15.5. The molecule has 55 heavy (non-hydrogen) atoms. The molecule has 0 heterocycles. The van der Waals surface area contributed by atoms with E-state index in [0.717, 1.165) is 60.8 Å². The molecule has 0 aliphatic heterocycles. The van der Waals surface area contributed by atoms with E-state index in [2.05, 4.69) is 57.0 Å². The summed E-state index contributed by atoms with van der Waals surface area (Å²) >= 11 is 0. The highest BCUT2D eigenvalue weighted by molar-refractivity contribution is 6.73. The van der Waals surface area contributed by atoms with Gasteiger partial charge in [-0.05, 0) is 85.6 Å². The minimum Gasteiger partial charge on any atom is -0.462 e. The summed E-state index contributed by atoms with van der Waals surface area (Å²) in [5, 5.41) is 8.77. The molecule has 0 fully saturated rings. The summed E-state index contributed by atoms with van der Waals surface area (Å²) in [6.45, 7) is 11.3. The van der Waals surface area contributed by atoms with Crippen molar-refractivity contribution in [2.24, 2.45) is 10.2 Å². The molecule has 0 N–H and O–H groups in total. The third kappa shape index (κ3) is 23.1. The number of hydrogen-bond acceptors (Lipinski definition) is 7. The molecule has 0 saturated carbocycles. The number of carbonyl (C=O) groups is 2. The van der Waals surface area contributed by atoms with Gasteiger partial charge in [0.2, 0.25) is 0 Å². The molecule has 310 valence electrons. The maximum absolute atomic E-state index is 13.0. The Balaban J connectivity index is 1.69. The van der Waals surface area contributed by atoms with Crippen LogP contribution in [0, 0.1) is 0 Å². The minimum atomic E-state index is -1.90. The van der Waals surface area contributed by atoms with Gasteiger partial charge in [0, 0.05) is 12.8 Å². The summed E-state index contributed by atoms with van der Waals surface area (Å²) in [7, 11) is -1.90. The van der Waals surface area contributed by atoms with Crippen LogP contribution in [0.3, 0.4) is 0 Å². The molecule has 0 bridgehead atoms. The molecule has 0 aliphatic rings. The van der Waals surface area contributed by atoms with E-state index in [1.165, 1.54) is 102 Å². The molecule has 0 spiro atoms. The summed E-state index contributed by atoms with van der Waals surface area (Å²) < 4.78 is 18.0. The van der Waals surface area contributed by atoms with Crippen LogP contribution in [0.2, 0.25) is 18.1 Å². The van der Waals surface area contributed by atoms with Crippen molar-refractivity contribution in [2.45, 2.75) is 200 Å². The Hall–Kier alpha value is -2.84. The van der Waals surface area contributed by atoms with E-state index in [1.54, 1.807) is 0 Å². The van der Waals surface area contributed by atoms with E-state index in [9.17, 15) is 9.59 Å². The number of hydrogen-bond donors (Lipinski definition) is 0. The van der Waals surface area contributed by atoms with Crippen LogP contribution in [0.4, 0.5) is 11.4 Å². The van der Waals surface area contributed by atoms with Crippen LogP contribution in [0.25, 0.3) is 0 Å². The number of unbranched alkanes of at least 4 members (excludes halogenated alkanes) is 15. The summed E-state index contributed by atoms with van der Waals surface area (Å²) in [6.07, 6.45) is 24.3. The first-order valence-corrected chi connectivity index (χ1v) is 25.0. The summed E-state index contributed by atoms with van der Waals surface area (Å²) in [6, 6.07) is 19.3. The lowest BCUT2D eigenvalue weighted by molar-refractivity contribution is -0.161. The molecule has 0 saturated heterocycles. The number of carbonyl (C=O) groups excluding carboxylic acids is 2. The first-order chi connectivity index (χ1) is 26.9. The van der Waals surface area contributed by atoms with Crippen LogP contribution >= 0.6 is 0 Å². The fourth-order valence-electron chi connectivity index (χ4n) is 6.98. The van der Waals surface area contributed by atoms with Crippen molar-refractivity contribution in [2.75, 3.05) is 13.2 Å². The van der Waals surface area contributed by atoms with E-state index < -0.39 is 14.4 Å². The molecule has 0 unspecified atom stereocenters. The molecule has 2 aromatic rings. The Morgan fingerprint density at radius 3 is 1.38 bits per heavy atom. The van der Waals surface area contributed by atoms with Gasteiger partial charge >= 0.3 is 11.9 Å². The van der Waals surface area contributed by atoms with Crippen LogP contribution in [-0.4, -0.2) is 39.6 Å². The van der Waals surface area contributed by atoms with E-state index in [0.29, 0.717) is 12.8 Å². The summed E-state index contributed by atoms with van der Waals surface area (Å²) in [5.74, 6) is -0.501. The van der Waals surface area contributed by atoms with Gasteiger partial charge in [0.1, 0.15) is 6.61 Å². The highest BCUT2D eigenvalue weighted by Gasteiger charge is 2.31. The average molecular weight is 779 g/mol. The second kappa shape index (κ2) is 31.3. The Kier molecular flexibility index (Phi) is 27.5. The molecule has 7 nitrogen and oxygen atoms in total. The topological polar surface area (TPSA) is 86.5 Å². The standard InChI is InChI=1S/C47H78N2O5Si/c1-6-11-13-14-15-16-17-18-19-20-21-22-23-24-25-29-46(50)52-39-45(40-53-55(8-3,9-4)10-5)54-47(51)30-26-28-42-33-37-44(38-34-42)49-48-43-35-31-41(32-36-43)27-12-7-2/h31-38,45H,6-30,39-40H2,1-5H3/t45-/m1/s1. The zero-order valence-electron chi connectivity index (χ0n) is 35.7. The molecule has 0 aromatic heterocycles. The minimum absolute atomic E-state index is 0.0456. The molecular weight excluding hydrogens is 701 g/mol. The second-order valence-corrected chi connectivity index (χ2v) is 20.3. The van der Waals surface area contributed by atoms with Gasteiger partial charge in [0.25, 0.3) is 0 Å². The number of benzene rings is 2. The van der Waals surface area contributed by atoms with Crippen LogP contribution in [-0.2, 0) is 36.3 Å². The SMILES string of the molecule is CCCCCCCCCCCCCCCCCC(=O)OC[C@H](CO[Si](CC)(CC)CC)OC(=O)CCCc1ccc(N=Nc2ccc(CCCC)cc2)cc1. The molecular formula is C47H78N2O5Si. The fourth-order valence-corrected chi connectivity index (χ4v) is 9.63. The smallest absolute Gasteiger partial charge is 0.306 e. The zero-order chi connectivity index (χ0) is 39.8. The quantitative estimate of drug-likeness (QED) is 0.0306. The predicted octanol–water partition coefficient (Wildman–Crippen LogP) is 14.5. The molecule has 0 radical (unpaired) electrons. The Bertz CT molecular complexity index is 1270. The van der Waals surface area contributed by atoms with Gasteiger partial charge in [0.05, 0.1) is 18.0 Å². The monoisotopic (exact) mass is 779 g/mol. The lowest BCUT2D eigenvalue weighted by atomic mass is 10.0. The maximum atomic E-state index is 13.0. The highest BCUT2D eigenvalue weighted by Crippen LogP contribution is 2.23. The number of nitrogens with zero attached hydrogens (tertiary/aromatic N) is 2. The largest absolute Gasteiger partial charge is 0.462 e. The van der Waals surface area contributed by atoms with Gasteiger partial charge in [-0.15, -0.1) is 0 Å². The molecule has 2 rings (SSSR count). The average Bonchev–Trinajstić information content (AvgIpc) is 3.21. The third-order valence-corrected chi connectivity index (χ3v) is 15.7. The molecule has 0 aliphatic carbocycles. The number of rotatable bonds is 34. The van der Waals surface area contributed by atoms with Crippen molar-refractivity contribution in [3.8, 4) is 0 Å². The molecule has 0 amide bonds. The normalized spacial score (nSPS) is 12.3. The Morgan fingerprint density at radius 1 is 0.509 bits per heavy atom. The van der Waals surface area contributed by atoms with Crippen molar-refractivity contribution >= 4 is 31.6 Å². The van der Waals surface area contributed by atoms with Crippen LogP contribution in [0.1, 0.15) is 174 Å². The number of azo groups is 1. The van der Waals surface area contributed by atoms with Crippen molar-refractivity contribution < 1.29 is 23.5 Å². The number of aryl methyl sites for hydroxylation is 2. The fraction of sp³-hybridized carbons (Fsp3) is 0.702. The van der Waals surface area contributed by atoms with Crippen LogP contribution in [0.5, 0.6) is 0 Å². The van der Waals surface area contributed by atoms with Gasteiger partial charge < -0.3 is 13.9 Å². The third-order valence-electron chi connectivity index (χ3n) is 11.0. The summed E-state index contributed by atoms with van der Waals surface area (Å²) in [5.41, 5.74) is 4.09. The highest BCUT2D eigenvalue weighted by atomic mass is 28.4. The van der Waals surface area contributed by atoms with Gasteiger partial charge in [-0.1, -0.05) is 155 Å². The molecule has 2 aromatic carbocycles. The van der Waals surface area contributed by atoms with Gasteiger partial charge in [-0.3, -0.25) is 9.59 Å². The lowest BCUT2D eigenvalue weighted by Gasteiger charge is -2.30. The van der Waals surface area contributed by atoms with E-state index in [1.807, 2.05) is 36.4 Å². The van der Waals surface area contributed by atoms with E-state index in [-0.39, 0.29) is 31.6 Å². The lowest BCUT2D eigenvalue weighted by Crippen LogP contribution is -2.40. The van der Waals surface area contributed by atoms with Gasteiger partial charge in [-0.2, -0.15) is 10.2 Å². The summed E-state index contributed by atoms with van der Waals surface area (Å²) in [4.78, 5) is 25.6. The molecule has 8 heteroatoms. The van der Waals surface area contributed by atoms with Crippen LogP contribution < -0.4 is 0 Å².